The van der Waals surface area contributed by atoms with Crippen molar-refractivity contribution < 1.29 is 14.2 Å². The predicted molar refractivity (Wildman–Crippen MR) is 106 cm³/mol. The van der Waals surface area contributed by atoms with Crippen LogP contribution >= 0.6 is 15.9 Å². The molecule has 27 heavy (non-hydrogen) atoms. The monoisotopic (exact) mass is 426 g/mol. The third kappa shape index (κ3) is 3.43. The van der Waals surface area contributed by atoms with Crippen molar-refractivity contribution in [1.82, 2.24) is 9.97 Å². The summed E-state index contributed by atoms with van der Waals surface area (Å²) < 4.78 is 17.6. The van der Waals surface area contributed by atoms with Gasteiger partial charge in [0.25, 0.3) is 5.88 Å². The van der Waals surface area contributed by atoms with E-state index in [9.17, 15) is 0 Å². The normalized spacial score (nSPS) is 11.7. The molecule has 0 unspecified atom stereocenters. The number of benzene rings is 2. The summed E-state index contributed by atoms with van der Waals surface area (Å²) in [7, 11) is 3.16. The molecule has 0 amide bonds. The van der Waals surface area contributed by atoms with Crippen molar-refractivity contribution in [3.05, 3.63) is 52.8 Å². The van der Waals surface area contributed by atoms with Crippen LogP contribution in [-0.2, 0) is 0 Å². The third-order valence-corrected chi connectivity index (χ3v) is 4.42. The summed E-state index contributed by atoms with van der Waals surface area (Å²) in [5.74, 6) is 2.62. The van der Waals surface area contributed by atoms with Crippen LogP contribution in [0.15, 0.2) is 52.2 Å². The van der Waals surface area contributed by atoms with Crippen LogP contribution in [0, 0.1) is 0 Å². The molecule has 7 nitrogen and oxygen atoms in total. The predicted octanol–water partition coefficient (Wildman–Crippen LogP) is 4.86. The van der Waals surface area contributed by atoms with Gasteiger partial charge in [-0.05, 0) is 24.3 Å². The summed E-state index contributed by atoms with van der Waals surface area (Å²) >= 11 is 3.46. The number of halogens is 1. The van der Waals surface area contributed by atoms with Crippen molar-refractivity contribution in [2.24, 2.45) is 4.99 Å². The van der Waals surface area contributed by atoms with Gasteiger partial charge in [0.2, 0.25) is 0 Å². The molecule has 0 spiro atoms. The maximum atomic E-state index is 5.99. The highest BCUT2D eigenvalue weighted by Crippen LogP contribution is 2.42. The highest BCUT2D eigenvalue weighted by molar-refractivity contribution is 9.10. The van der Waals surface area contributed by atoms with E-state index < -0.39 is 0 Å². The summed E-state index contributed by atoms with van der Waals surface area (Å²) in [6, 6.07) is 11.3. The molecule has 2 aromatic carbocycles. The van der Waals surface area contributed by atoms with Crippen LogP contribution in [0.3, 0.4) is 0 Å². The fraction of sp³-hybridized carbons (Fsp3) is 0.105. The lowest BCUT2D eigenvalue weighted by Crippen LogP contribution is -1.98. The quantitative estimate of drug-likeness (QED) is 0.502. The average Bonchev–Trinajstić information content (AvgIpc) is 2.86. The zero-order chi connectivity index (χ0) is 18.8. The van der Waals surface area contributed by atoms with Crippen LogP contribution in [0.4, 0.5) is 17.2 Å². The van der Waals surface area contributed by atoms with E-state index >= 15 is 0 Å². The van der Waals surface area contributed by atoms with Gasteiger partial charge in [-0.25, -0.2) is 9.98 Å². The Morgan fingerprint density at radius 1 is 1.04 bits per heavy atom. The second-order valence-corrected chi connectivity index (χ2v) is 6.53. The first-order valence-electron chi connectivity index (χ1n) is 8.03. The molecule has 4 rings (SSSR count). The fourth-order valence-corrected chi connectivity index (χ4v) is 3.05. The zero-order valence-electron chi connectivity index (χ0n) is 14.6. The Hall–Kier alpha value is -3.13. The average molecular weight is 427 g/mol. The van der Waals surface area contributed by atoms with Crippen molar-refractivity contribution in [1.29, 1.82) is 0 Å². The molecule has 1 aliphatic heterocycles. The van der Waals surface area contributed by atoms with E-state index in [0.717, 1.165) is 15.7 Å². The number of aliphatic imine (C=N–C) groups is 1. The lowest BCUT2D eigenvalue weighted by molar-refractivity contribution is 0.351. The van der Waals surface area contributed by atoms with Gasteiger partial charge in [-0.2, -0.15) is 4.98 Å². The fourth-order valence-electron chi connectivity index (χ4n) is 2.65. The minimum Gasteiger partial charge on any atom is -0.493 e. The molecule has 0 fully saturated rings. The van der Waals surface area contributed by atoms with Gasteiger partial charge in [0.1, 0.15) is 12.1 Å². The van der Waals surface area contributed by atoms with Crippen LogP contribution in [0.2, 0.25) is 0 Å². The van der Waals surface area contributed by atoms with Gasteiger partial charge in [0, 0.05) is 28.0 Å². The Morgan fingerprint density at radius 2 is 1.85 bits per heavy atom. The van der Waals surface area contributed by atoms with Gasteiger partial charge in [-0.1, -0.05) is 22.0 Å². The van der Waals surface area contributed by atoms with Crippen LogP contribution in [0.1, 0.15) is 5.56 Å². The van der Waals surface area contributed by atoms with E-state index in [1.54, 1.807) is 32.6 Å². The lowest BCUT2D eigenvalue weighted by atomic mass is 10.2. The standard InChI is InChI=1S/C19H15BrN4O3/c1-25-15-6-11-9-21-17-18(24-13-5-3-4-12(20)7-13)22-10-23-19(17)27-14(11)8-16(15)26-2/h3-10H,1-2H3,(H,22,23,24). The lowest BCUT2D eigenvalue weighted by Gasteiger charge is -2.13. The van der Waals surface area contributed by atoms with Gasteiger partial charge in [0.15, 0.2) is 23.0 Å². The first-order chi connectivity index (χ1) is 13.2. The SMILES string of the molecule is COc1cc2c(cc1OC)Oc1ncnc(Nc3cccc(Br)c3)c1N=C2. The highest BCUT2D eigenvalue weighted by Gasteiger charge is 2.20. The van der Waals surface area contributed by atoms with Crippen LogP contribution < -0.4 is 19.5 Å². The Labute approximate surface area is 164 Å². The summed E-state index contributed by atoms with van der Waals surface area (Å²) in [6.07, 6.45) is 3.12. The van der Waals surface area contributed by atoms with Crippen molar-refractivity contribution in [2.45, 2.75) is 0 Å². The number of hydrogen-bond acceptors (Lipinski definition) is 7. The number of nitrogens with one attached hydrogen (secondary N) is 1. The van der Waals surface area contributed by atoms with Crippen LogP contribution in [0.25, 0.3) is 0 Å². The van der Waals surface area contributed by atoms with Gasteiger partial charge < -0.3 is 19.5 Å². The number of nitrogens with zero attached hydrogens (tertiary/aromatic N) is 3. The van der Waals surface area contributed by atoms with Crippen molar-refractivity contribution in [3.63, 3.8) is 0 Å². The minimum atomic E-state index is 0.352. The topological polar surface area (TPSA) is 77.9 Å². The summed E-state index contributed by atoms with van der Waals surface area (Å²) in [4.78, 5) is 13.1. The molecule has 2 heterocycles. The molecule has 0 bridgehead atoms. The molecule has 0 atom stereocenters. The first kappa shape index (κ1) is 17.3. The van der Waals surface area contributed by atoms with Gasteiger partial charge in [0.05, 0.1) is 14.2 Å². The van der Waals surface area contributed by atoms with Crippen molar-refractivity contribution >= 4 is 39.3 Å². The van der Waals surface area contributed by atoms with Crippen molar-refractivity contribution in [3.8, 4) is 23.1 Å². The maximum Gasteiger partial charge on any atom is 0.250 e. The summed E-state index contributed by atoms with van der Waals surface area (Å²) in [5.41, 5.74) is 2.12. The molecule has 1 aliphatic rings. The number of fused-ring (bicyclic) bond motifs is 2. The Kier molecular flexibility index (Phi) is 4.64. The molecule has 1 N–H and O–H groups in total. The molecule has 0 saturated carbocycles. The van der Waals surface area contributed by atoms with Crippen molar-refractivity contribution in [2.75, 3.05) is 19.5 Å². The van der Waals surface area contributed by atoms with E-state index in [-0.39, 0.29) is 0 Å². The molecule has 0 saturated heterocycles. The Bertz CT molecular complexity index is 1040. The third-order valence-electron chi connectivity index (χ3n) is 3.93. The zero-order valence-corrected chi connectivity index (χ0v) is 16.1. The Balaban J connectivity index is 1.75. The van der Waals surface area contributed by atoms with E-state index in [1.807, 2.05) is 24.3 Å². The number of rotatable bonds is 4. The number of hydrogen-bond donors (Lipinski definition) is 1. The minimum absolute atomic E-state index is 0.352. The van der Waals surface area contributed by atoms with E-state index in [1.165, 1.54) is 6.33 Å². The molecule has 1 aromatic heterocycles. The van der Waals surface area contributed by atoms with E-state index in [2.05, 4.69) is 36.2 Å². The second kappa shape index (κ2) is 7.24. The summed E-state index contributed by atoms with van der Waals surface area (Å²) in [5, 5.41) is 3.25. The van der Waals surface area contributed by atoms with Gasteiger partial charge >= 0.3 is 0 Å². The molecular formula is C19H15BrN4O3. The molecule has 0 radical (unpaired) electrons. The first-order valence-corrected chi connectivity index (χ1v) is 8.83. The molecule has 8 heteroatoms. The van der Waals surface area contributed by atoms with Gasteiger partial charge in [-0.15, -0.1) is 0 Å². The second-order valence-electron chi connectivity index (χ2n) is 5.62. The largest absolute Gasteiger partial charge is 0.493 e. The van der Waals surface area contributed by atoms with E-state index in [0.29, 0.717) is 34.6 Å². The maximum absolute atomic E-state index is 5.99. The van der Waals surface area contributed by atoms with Crippen LogP contribution in [0.5, 0.6) is 23.1 Å². The Morgan fingerprint density at radius 3 is 2.63 bits per heavy atom. The highest BCUT2D eigenvalue weighted by atomic mass is 79.9. The molecule has 136 valence electrons. The number of aromatic nitrogens is 2. The molecule has 0 aliphatic carbocycles. The van der Waals surface area contributed by atoms with Crippen LogP contribution in [-0.4, -0.2) is 30.4 Å². The number of anilines is 2. The van der Waals surface area contributed by atoms with E-state index in [4.69, 9.17) is 14.2 Å². The number of methoxy groups -OCH3 is 2. The van der Waals surface area contributed by atoms with Gasteiger partial charge in [-0.3, -0.25) is 0 Å². The smallest absolute Gasteiger partial charge is 0.250 e. The molecular weight excluding hydrogens is 412 g/mol. The molecule has 3 aromatic rings. The summed E-state index contributed by atoms with van der Waals surface area (Å²) in [6.45, 7) is 0. The number of ether oxygens (including phenoxy) is 3.